The summed E-state index contributed by atoms with van der Waals surface area (Å²) in [6.45, 7) is 0.790. The van der Waals surface area contributed by atoms with Gasteiger partial charge in [-0.3, -0.25) is 0 Å². The number of hydrogen-bond acceptors (Lipinski definition) is 4. The van der Waals surface area contributed by atoms with Gasteiger partial charge in [-0.1, -0.05) is 23.3 Å². The molecule has 7 heteroatoms. The van der Waals surface area contributed by atoms with E-state index < -0.39 is 23.4 Å². The molecule has 23 heavy (non-hydrogen) atoms. The van der Waals surface area contributed by atoms with Gasteiger partial charge in [-0.05, 0) is 37.0 Å². The van der Waals surface area contributed by atoms with Crippen LogP contribution < -0.4 is 10.1 Å². The lowest BCUT2D eigenvalue weighted by Crippen LogP contribution is -2.26. The average molecular weight is 341 g/mol. The first-order valence-electron chi connectivity index (χ1n) is 7.77. The molecule has 1 heterocycles. The number of carboxylic acid groups (broad SMARTS) is 1. The van der Waals surface area contributed by atoms with Gasteiger partial charge < -0.3 is 24.8 Å². The average Bonchev–Trinajstić information content (AvgIpc) is 2.54. The normalized spacial score (nSPS) is 22.3. The molecule has 1 aliphatic heterocycles. The summed E-state index contributed by atoms with van der Waals surface area (Å²) >= 11 is -0.662. The van der Waals surface area contributed by atoms with Gasteiger partial charge in [0.05, 0.1) is 12.7 Å². The summed E-state index contributed by atoms with van der Waals surface area (Å²) in [7, 11) is 0. The van der Waals surface area contributed by atoms with Gasteiger partial charge in [0.1, 0.15) is 17.3 Å². The number of rotatable bonds is 7. The maximum absolute atomic E-state index is 11.3. The summed E-state index contributed by atoms with van der Waals surface area (Å²) in [5, 5.41) is 20.8. The first-order valence-corrected chi connectivity index (χ1v) is 9.26. The molecule has 1 aromatic carbocycles. The van der Waals surface area contributed by atoms with E-state index in [2.05, 4.69) is 5.32 Å². The Bertz CT molecular complexity index is 505. The zero-order valence-corrected chi connectivity index (χ0v) is 13.8. The predicted octanol–water partition coefficient (Wildman–Crippen LogP) is 1.92. The topological polar surface area (TPSA) is 102 Å². The molecular formula is C16H23NO5S. The summed E-state index contributed by atoms with van der Waals surface area (Å²) in [5.41, 5.74) is 0.708. The fraction of sp³-hybridized carbons (Fsp3) is 0.562. The molecule has 1 saturated heterocycles. The minimum Gasteiger partial charge on any atom is -0.616 e. The van der Waals surface area contributed by atoms with E-state index in [1.807, 2.05) is 12.1 Å². The van der Waals surface area contributed by atoms with Crippen molar-refractivity contribution in [2.75, 3.05) is 24.7 Å². The zero-order valence-electron chi connectivity index (χ0n) is 12.9. The van der Waals surface area contributed by atoms with Gasteiger partial charge in [-0.2, -0.15) is 0 Å². The number of aliphatic hydroxyl groups is 1. The second kappa shape index (κ2) is 9.00. The molecule has 1 aromatic rings. The molecule has 1 aliphatic rings. The number of aliphatic hydroxyl groups excluding tert-OH is 1. The number of nitrogens with one attached hydrogen (secondary N) is 1. The third-order valence-corrected chi connectivity index (χ3v) is 5.31. The van der Waals surface area contributed by atoms with Crippen molar-refractivity contribution >= 4 is 17.3 Å². The number of carbonyl (C=O) groups is 1. The molecule has 0 saturated carbocycles. The third kappa shape index (κ3) is 6.29. The Morgan fingerprint density at radius 3 is 2.87 bits per heavy atom. The molecule has 1 unspecified atom stereocenters. The van der Waals surface area contributed by atoms with Crippen LogP contribution in [0.15, 0.2) is 24.3 Å². The molecule has 2 rings (SSSR count). The first kappa shape index (κ1) is 17.9. The molecule has 0 spiro atoms. The van der Waals surface area contributed by atoms with Crippen molar-refractivity contribution in [3.8, 4) is 5.75 Å². The SMILES string of the molecule is O=C(O)NCCC(O)c1cccc(OCC2CC[S+]([O-])CC2)c1. The van der Waals surface area contributed by atoms with E-state index in [0.717, 1.165) is 24.3 Å². The highest BCUT2D eigenvalue weighted by molar-refractivity contribution is 7.91. The Morgan fingerprint density at radius 2 is 2.17 bits per heavy atom. The molecule has 0 bridgehead atoms. The van der Waals surface area contributed by atoms with Crippen LogP contribution in [0.4, 0.5) is 4.79 Å². The van der Waals surface area contributed by atoms with Gasteiger partial charge in [0.15, 0.2) is 0 Å². The summed E-state index contributed by atoms with van der Waals surface area (Å²) < 4.78 is 17.1. The third-order valence-electron chi connectivity index (χ3n) is 3.93. The van der Waals surface area contributed by atoms with Crippen molar-refractivity contribution in [3.63, 3.8) is 0 Å². The monoisotopic (exact) mass is 341 g/mol. The smallest absolute Gasteiger partial charge is 0.404 e. The standard InChI is InChI=1S/C16H23NO5S/c18-15(4-7-17-16(19)20)13-2-1-3-14(10-13)22-11-12-5-8-23(21)9-6-12/h1-3,10,12,15,17-18H,4-9,11H2,(H,19,20). The van der Waals surface area contributed by atoms with Gasteiger partial charge in [-0.25, -0.2) is 4.79 Å². The minimum atomic E-state index is -1.09. The number of ether oxygens (including phenoxy) is 1. The zero-order chi connectivity index (χ0) is 16.7. The van der Waals surface area contributed by atoms with E-state index in [1.54, 1.807) is 12.1 Å². The van der Waals surface area contributed by atoms with E-state index in [4.69, 9.17) is 9.84 Å². The van der Waals surface area contributed by atoms with Crippen LogP contribution in [0.25, 0.3) is 0 Å². The number of benzene rings is 1. The van der Waals surface area contributed by atoms with Gasteiger partial charge >= 0.3 is 6.09 Å². The molecule has 1 fully saturated rings. The predicted molar refractivity (Wildman–Crippen MR) is 88.1 cm³/mol. The molecule has 0 aromatic heterocycles. The van der Waals surface area contributed by atoms with E-state index >= 15 is 0 Å². The van der Waals surface area contributed by atoms with Crippen LogP contribution in [0, 0.1) is 5.92 Å². The first-order chi connectivity index (χ1) is 11.0. The Labute approximate surface area is 139 Å². The highest BCUT2D eigenvalue weighted by Crippen LogP contribution is 2.24. The summed E-state index contributed by atoms with van der Waals surface area (Å²) in [4.78, 5) is 10.4. The number of hydrogen-bond donors (Lipinski definition) is 3. The van der Waals surface area contributed by atoms with E-state index in [9.17, 15) is 14.5 Å². The van der Waals surface area contributed by atoms with E-state index in [0.29, 0.717) is 30.3 Å². The van der Waals surface area contributed by atoms with Crippen LogP contribution in [0.3, 0.4) is 0 Å². The van der Waals surface area contributed by atoms with Gasteiger partial charge in [0.2, 0.25) is 0 Å². The van der Waals surface area contributed by atoms with Gasteiger partial charge in [0, 0.05) is 12.5 Å². The van der Waals surface area contributed by atoms with Crippen molar-refractivity contribution in [3.05, 3.63) is 29.8 Å². The highest BCUT2D eigenvalue weighted by atomic mass is 32.2. The van der Waals surface area contributed by atoms with Crippen molar-refractivity contribution in [2.24, 2.45) is 5.92 Å². The summed E-state index contributed by atoms with van der Waals surface area (Å²) in [5.74, 6) is 2.63. The Balaban J connectivity index is 1.80. The van der Waals surface area contributed by atoms with Crippen molar-refractivity contribution in [2.45, 2.75) is 25.4 Å². The fourth-order valence-electron chi connectivity index (χ4n) is 2.52. The minimum absolute atomic E-state index is 0.195. The Hall–Kier alpha value is -1.44. The lowest BCUT2D eigenvalue weighted by atomic mass is 10.0. The van der Waals surface area contributed by atoms with Crippen LogP contribution >= 0.6 is 0 Å². The summed E-state index contributed by atoms with van der Waals surface area (Å²) in [6.07, 6.45) is 0.334. The van der Waals surface area contributed by atoms with Crippen LogP contribution in [0.2, 0.25) is 0 Å². The lowest BCUT2D eigenvalue weighted by molar-refractivity contribution is 0.161. The molecule has 6 nitrogen and oxygen atoms in total. The van der Waals surface area contributed by atoms with Crippen molar-refractivity contribution < 1.29 is 24.3 Å². The van der Waals surface area contributed by atoms with Crippen LogP contribution in [0.5, 0.6) is 5.75 Å². The number of amides is 1. The Kier molecular flexibility index (Phi) is 7.01. The summed E-state index contributed by atoms with van der Waals surface area (Å²) in [6, 6.07) is 7.23. The van der Waals surface area contributed by atoms with Gasteiger partial charge in [-0.15, -0.1) is 0 Å². The molecular weight excluding hydrogens is 318 g/mol. The van der Waals surface area contributed by atoms with Crippen LogP contribution in [0.1, 0.15) is 30.9 Å². The fourth-order valence-corrected chi connectivity index (χ4v) is 3.91. The molecule has 0 radical (unpaired) electrons. The maximum atomic E-state index is 11.3. The maximum Gasteiger partial charge on any atom is 0.404 e. The van der Waals surface area contributed by atoms with Crippen LogP contribution in [-0.2, 0) is 11.2 Å². The highest BCUT2D eigenvalue weighted by Gasteiger charge is 2.22. The molecule has 128 valence electrons. The molecule has 3 N–H and O–H groups in total. The van der Waals surface area contributed by atoms with Gasteiger partial charge in [0.25, 0.3) is 0 Å². The Morgan fingerprint density at radius 1 is 1.43 bits per heavy atom. The van der Waals surface area contributed by atoms with Crippen molar-refractivity contribution in [1.29, 1.82) is 0 Å². The second-order valence-corrected chi connectivity index (χ2v) is 7.41. The van der Waals surface area contributed by atoms with Crippen LogP contribution in [-0.4, -0.2) is 45.5 Å². The van der Waals surface area contributed by atoms with E-state index in [1.165, 1.54) is 0 Å². The van der Waals surface area contributed by atoms with Crippen molar-refractivity contribution in [1.82, 2.24) is 5.32 Å². The molecule has 1 atom stereocenters. The second-order valence-electron chi connectivity index (χ2n) is 5.71. The largest absolute Gasteiger partial charge is 0.616 e. The molecule has 0 aliphatic carbocycles. The lowest BCUT2D eigenvalue weighted by Gasteiger charge is -2.24. The quantitative estimate of drug-likeness (QED) is 0.658. The van der Waals surface area contributed by atoms with E-state index in [-0.39, 0.29) is 6.54 Å². The molecule has 1 amide bonds.